The average molecular weight is 763 g/mol. The largest absolute Gasteiger partial charge is 0.411 e. The number of ether oxygens (including phenoxy) is 1. The van der Waals surface area contributed by atoms with Crippen LogP contribution in [0.4, 0.5) is 4.79 Å². The molecule has 2 heterocycles. The third kappa shape index (κ3) is 10.4. The van der Waals surface area contributed by atoms with E-state index < -0.39 is 34.1 Å². The number of methoxy groups -OCH3 is 1. The molecule has 292 valence electrons. The van der Waals surface area contributed by atoms with Gasteiger partial charge >= 0.3 is 6.03 Å². The van der Waals surface area contributed by atoms with Gasteiger partial charge in [-0.3, -0.25) is 9.78 Å². The first kappa shape index (κ1) is 40.8. The van der Waals surface area contributed by atoms with E-state index in [4.69, 9.17) is 9.94 Å². The van der Waals surface area contributed by atoms with Gasteiger partial charge in [-0.1, -0.05) is 86.8 Å². The molecule has 2 fully saturated rings. The Hall–Kier alpha value is -4.37. The number of hydrogen-bond acceptors (Lipinski definition) is 9. The molecular weight excluding hydrogens is 709 g/mol. The van der Waals surface area contributed by atoms with E-state index in [1.807, 2.05) is 62.4 Å². The highest BCUT2D eigenvalue weighted by Crippen LogP contribution is 2.29. The van der Waals surface area contributed by atoms with E-state index in [0.717, 1.165) is 42.6 Å². The summed E-state index contributed by atoms with van der Waals surface area (Å²) in [4.78, 5) is 36.3. The van der Waals surface area contributed by atoms with Crippen molar-refractivity contribution in [2.45, 2.75) is 88.6 Å². The molecule has 3 aromatic rings. The number of aromatic nitrogens is 1. The monoisotopic (exact) mass is 762 g/mol. The van der Waals surface area contributed by atoms with Crippen molar-refractivity contribution in [3.8, 4) is 0 Å². The van der Waals surface area contributed by atoms with Crippen LogP contribution in [0.25, 0.3) is 0 Å². The van der Waals surface area contributed by atoms with Crippen LogP contribution in [-0.2, 0) is 39.1 Å². The Balaban J connectivity index is 1.38. The predicted octanol–water partition coefficient (Wildman–Crippen LogP) is 4.66. The van der Waals surface area contributed by atoms with Crippen LogP contribution in [0.2, 0.25) is 0 Å². The highest BCUT2D eigenvalue weighted by molar-refractivity contribution is 7.89. The van der Waals surface area contributed by atoms with E-state index in [0.29, 0.717) is 38.2 Å². The number of carbonyl (C=O) groups is 2. The number of nitrogens with zero attached hydrogens (tertiary/aromatic N) is 5. The summed E-state index contributed by atoms with van der Waals surface area (Å²) in [5, 5.41) is 27.0. The van der Waals surface area contributed by atoms with Gasteiger partial charge in [-0.15, -0.1) is 0 Å². The molecule has 2 aromatic carbocycles. The molecule has 0 radical (unpaired) electrons. The van der Waals surface area contributed by atoms with Crippen LogP contribution < -0.4 is 5.32 Å². The van der Waals surface area contributed by atoms with E-state index in [1.54, 1.807) is 29.0 Å². The van der Waals surface area contributed by atoms with Crippen LogP contribution >= 0.6 is 0 Å². The number of rotatable bonds is 19. The number of nitrogens with one attached hydrogen (secondary N) is 1. The first-order valence-corrected chi connectivity index (χ1v) is 20.3. The summed E-state index contributed by atoms with van der Waals surface area (Å²) in [6.45, 7) is 5.33. The topological polar surface area (TPSA) is 165 Å². The van der Waals surface area contributed by atoms with Gasteiger partial charge in [-0.25, -0.2) is 13.2 Å². The number of urea groups is 1. The van der Waals surface area contributed by atoms with Gasteiger partial charge in [0.05, 0.1) is 47.8 Å². The Kier molecular flexibility index (Phi) is 14.6. The molecule has 1 aromatic heterocycles. The van der Waals surface area contributed by atoms with Gasteiger partial charge < -0.3 is 30.2 Å². The molecule has 13 nitrogen and oxygen atoms in total. The van der Waals surface area contributed by atoms with Gasteiger partial charge in [0.1, 0.15) is 6.04 Å². The molecule has 5 rings (SSSR count). The van der Waals surface area contributed by atoms with Gasteiger partial charge in [0, 0.05) is 33.3 Å². The third-order valence-electron chi connectivity index (χ3n) is 10.6. The predicted molar refractivity (Wildman–Crippen MR) is 205 cm³/mol. The SMILES string of the molecule is CC[C@H](C)[C@@H](C(=O)N[C@@H](Cc1ccccc1)[C@@H](O)CN(CC1CCCC1)S(=O)(=O)c1ccc(C=NO)cc1)N1CCN(Cc2cccc(COC)n2)C1=O. The Morgan fingerprint density at radius 1 is 1.06 bits per heavy atom. The number of hydrogen-bond donors (Lipinski definition) is 3. The molecular formula is C40H54N6O7S. The molecule has 0 bridgehead atoms. The standard InChI is InChI=1S/C40H54N6O7S/c1-4-29(2)38(46-22-21-44(40(46)49)26-33-15-10-16-34(42-33)28-53-3)39(48)43-36(23-30-11-6-5-7-12-30)37(47)27-45(25-32-13-8-9-14-32)54(51,52)35-19-17-31(18-20-35)24-41-50/h5-7,10-12,15-20,24,29,32,36-38,47,50H,4,8-9,13-14,21-23,25-28H2,1-3H3,(H,43,48)/t29-,36-,37-,38-/m0/s1. The Morgan fingerprint density at radius 3 is 2.43 bits per heavy atom. The van der Waals surface area contributed by atoms with Crippen molar-refractivity contribution < 1.29 is 33.1 Å². The van der Waals surface area contributed by atoms with Crippen molar-refractivity contribution in [2.75, 3.05) is 33.3 Å². The van der Waals surface area contributed by atoms with Gasteiger partial charge in [0.2, 0.25) is 15.9 Å². The number of amides is 3. The first-order valence-electron chi connectivity index (χ1n) is 18.8. The molecule has 54 heavy (non-hydrogen) atoms. The lowest BCUT2D eigenvalue weighted by atomic mass is 9.95. The van der Waals surface area contributed by atoms with Gasteiger partial charge in [0.25, 0.3) is 0 Å². The number of aliphatic hydroxyl groups is 1. The molecule has 1 aliphatic heterocycles. The maximum Gasteiger partial charge on any atom is 0.321 e. The fraction of sp³-hybridized carbons (Fsp3) is 0.500. The van der Waals surface area contributed by atoms with Gasteiger partial charge in [-0.05, 0) is 66.5 Å². The normalized spacial score (nSPS) is 17.7. The van der Waals surface area contributed by atoms with Crippen LogP contribution in [0.3, 0.4) is 0 Å². The smallest absolute Gasteiger partial charge is 0.321 e. The zero-order valence-electron chi connectivity index (χ0n) is 31.5. The maximum absolute atomic E-state index is 14.4. The molecule has 4 atom stereocenters. The van der Waals surface area contributed by atoms with Crippen molar-refractivity contribution in [3.63, 3.8) is 0 Å². The molecule has 1 aliphatic carbocycles. The van der Waals surface area contributed by atoms with E-state index in [9.17, 15) is 23.1 Å². The fourth-order valence-corrected chi connectivity index (χ4v) is 8.96. The van der Waals surface area contributed by atoms with Crippen molar-refractivity contribution >= 4 is 28.2 Å². The van der Waals surface area contributed by atoms with Crippen LogP contribution in [0, 0.1) is 11.8 Å². The summed E-state index contributed by atoms with van der Waals surface area (Å²) in [5.74, 6) is -0.456. The molecule has 3 N–H and O–H groups in total. The van der Waals surface area contributed by atoms with Crippen molar-refractivity contribution in [2.24, 2.45) is 17.0 Å². The number of aliphatic hydroxyl groups excluding tert-OH is 1. The Labute approximate surface area is 319 Å². The minimum absolute atomic E-state index is 0.0565. The maximum atomic E-state index is 14.4. The fourth-order valence-electron chi connectivity index (χ4n) is 7.43. The van der Waals surface area contributed by atoms with E-state index in [2.05, 4.69) is 15.5 Å². The van der Waals surface area contributed by atoms with E-state index in [-0.39, 0.29) is 42.3 Å². The summed E-state index contributed by atoms with van der Waals surface area (Å²) < 4.78 is 34.9. The lowest BCUT2D eigenvalue weighted by molar-refractivity contribution is -0.128. The number of oxime groups is 1. The van der Waals surface area contributed by atoms with Crippen molar-refractivity contribution in [3.05, 3.63) is 95.3 Å². The molecule has 0 unspecified atom stereocenters. The number of carbonyl (C=O) groups excluding carboxylic acids is 2. The first-order chi connectivity index (χ1) is 26.0. The van der Waals surface area contributed by atoms with Crippen LogP contribution in [0.1, 0.15) is 68.5 Å². The average Bonchev–Trinajstić information content (AvgIpc) is 3.81. The number of benzene rings is 2. The molecule has 14 heteroatoms. The van der Waals surface area contributed by atoms with Crippen LogP contribution in [0.15, 0.2) is 82.8 Å². The van der Waals surface area contributed by atoms with Crippen LogP contribution in [0.5, 0.6) is 0 Å². The molecule has 0 spiro atoms. The van der Waals surface area contributed by atoms with Crippen LogP contribution in [-0.4, -0.2) is 107 Å². The second-order valence-electron chi connectivity index (χ2n) is 14.4. The lowest BCUT2D eigenvalue weighted by Crippen LogP contribution is -2.57. The minimum atomic E-state index is -4.06. The number of sulfonamides is 1. The number of pyridine rings is 1. The van der Waals surface area contributed by atoms with Gasteiger partial charge in [-0.2, -0.15) is 4.31 Å². The summed E-state index contributed by atoms with van der Waals surface area (Å²) in [6.07, 6.45) is 4.63. The third-order valence-corrected chi connectivity index (χ3v) is 12.4. The highest BCUT2D eigenvalue weighted by atomic mass is 32.2. The quantitative estimate of drug-likeness (QED) is 0.0902. The second-order valence-corrected chi connectivity index (χ2v) is 16.4. The summed E-state index contributed by atoms with van der Waals surface area (Å²) in [6, 6.07) is 19.1. The Morgan fingerprint density at radius 2 is 1.76 bits per heavy atom. The van der Waals surface area contributed by atoms with E-state index in [1.165, 1.54) is 22.7 Å². The second kappa shape index (κ2) is 19.3. The molecule has 2 aliphatic rings. The minimum Gasteiger partial charge on any atom is -0.411 e. The highest BCUT2D eigenvalue weighted by Gasteiger charge is 2.41. The molecule has 1 saturated carbocycles. The van der Waals surface area contributed by atoms with Crippen molar-refractivity contribution in [1.82, 2.24) is 24.4 Å². The summed E-state index contributed by atoms with van der Waals surface area (Å²) >= 11 is 0. The van der Waals surface area contributed by atoms with E-state index >= 15 is 0 Å². The molecule has 3 amide bonds. The zero-order chi connectivity index (χ0) is 38.7. The Bertz CT molecular complexity index is 1800. The summed E-state index contributed by atoms with van der Waals surface area (Å²) in [5.41, 5.74) is 2.88. The van der Waals surface area contributed by atoms with Gasteiger partial charge in [0.15, 0.2) is 0 Å². The zero-order valence-corrected chi connectivity index (χ0v) is 32.3. The van der Waals surface area contributed by atoms with Crippen molar-refractivity contribution in [1.29, 1.82) is 0 Å². The summed E-state index contributed by atoms with van der Waals surface area (Å²) in [7, 11) is -2.46. The lowest BCUT2D eigenvalue weighted by Gasteiger charge is -2.35. The molecule has 1 saturated heterocycles.